The van der Waals surface area contributed by atoms with Crippen LogP contribution in [0.25, 0.3) is 0 Å². The van der Waals surface area contributed by atoms with Gasteiger partial charge in [-0.15, -0.1) is 0 Å². The van der Waals surface area contributed by atoms with Crippen molar-refractivity contribution in [3.63, 3.8) is 0 Å². The molecule has 2 N–H and O–H groups in total. The number of nitrogens with one attached hydrogen (secondary N) is 2. The normalized spacial score (nSPS) is 19.4. The summed E-state index contributed by atoms with van der Waals surface area (Å²) >= 11 is 0. The molecule has 8 heteroatoms. The third-order valence-corrected chi connectivity index (χ3v) is 5.36. The van der Waals surface area contributed by atoms with Gasteiger partial charge in [-0.1, -0.05) is 26.0 Å². The zero-order chi connectivity index (χ0) is 17.7. The zero-order valence-electron chi connectivity index (χ0n) is 13.8. The van der Waals surface area contributed by atoms with Crippen molar-refractivity contribution in [1.29, 1.82) is 0 Å². The van der Waals surface area contributed by atoms with Crippen LogP contribution in [0.3, 0.4) is 0 Å². The Bertz CT molecular complexity index is 672. The number of hydrogen-bond donors (Lipinski definition) is 2. The fourth-order valence-electron chi connectivity index (χ4n) is 2.52. The van der Waals surface area contributed by atoms with Gasteiger partial charge >= 0.3 is 0 Å². The van der Waals surface area contributed by atoms with Gasteiger partial charge in [0.05, 0.1) is 6.10 Å². The molecule has 0 bridgehead atoms. The lowest BCUT2D eigenvalue weighted by atomic mass is 10.0. The number of benzene rings is 1. The molecule has 1 aromatic carbocycles. The first kappa shape index (κ1) is 18.8. The zero-order valence-corrected chi connectivity index (χ0v) is 14.6. The van der Waals surface area contributed by atoms with Gasteiger partial charge in [0.1, 0.15) is 16.8 Å². The van der Waals surface area contributed by atoms with E-state index in [0.717, 1.165) is 18.9 Å². The SMILES string of the molecule is CC(C)[C@H](NS(=O)(=O)c1ccccc1F)C(=O)NCC1CCCO1. The van der Waals surface area contributed by atoms with Gasteiger partial charge in [0.25, 0.3) is 0 Å². The number of carbonyl (C=O) groups excluding carboxylic acids is 1. The molecule has 1 aliphatic heterocycles. The first-order valence-electron chi connectivity index (χ1n) is 7.97. The molecule has 2 atom stereocenters. The van der Waals surface area contributed by atoms with Crippen molar-refractivity contribution >= 4 is 15.9 Å². The van der Waals surface area contributed by atoms with Crippen LogP contribution in [0, 0.1) is 11.7 Å². The smallest absolute Gasteiger partial charge is 0.244 e. The van der Waals surface area contributed by atoms with Crippen LogP contribution in [0.15, 0.2) is 29.2 Å². The largest absolute Gasteiger partial charge is 0.376 e. The summed E-state index contributed by atoms with van der Waals surface area (Å²) in [5, 5.41) is 2.71. The molecule has 0 aliphatic carbocycles. The van der Waals surface area contributed by atoms with Crippen molar-refractivity contribution < 1.29 is 22.3 Å². The average molecular weight is 358 g/mol. The van der Waals surface area contributed by atoms with E-state index in [4.69, 9.17) is 4.74 Å². The minimum absolute atomic E-state index is 0.0371. The van der Waals surface area contributed by atoms with E-state index in [1.807, 2.05) is 0 Å². The monoisotopic (exact) mass is 358 g/mol. The Morgan fingerprint density at radius 1 is 1.38 bits per heavy atom. The number of sulfonamides is 1. The van der Waals surface area contributed by atoms with Gasteiger partial charge in [-0.25, -0.2) is 12.8 Å². The number of halogens is 1. The van der Waals surface area contributed by atoms with Crippen molar-refractivity contribution in [2.45, 2.75) is 43.7 Å². The molecule has 1 heterocycles. The maximum absolute atomic E-state index is 13.8. The maximum atomic E-state index is 13.8. The van der Waals surface area contributed by atoms with Gasteiger partial charge in [0, 0.05) is 13.2 Å². The van der Waals surface area contributed by atoms with Crippen LogP contribution in [0.2, 0.25) is 0 Å². The summed E-state index contributed by atoms with van der Waals surface area (Å²) in [6, 6.07) is 4.08. The molecule has 134 valence electrons. The van der Waals surface area contributed by atoms with E-state index < -0.39 is 32.7 Å². The van der Waals surface area contributed by atoms with Crippen molar-refractivity contribution in [2.75, 3.05) is 13.2 Å². The van der Waals surface area contributed by atoms with Crippen LogP contribution in [-0.4, -0.2) is 39.6 Å². The molecule has 0 saturated carbocycles. The molecule has 24 heavy (non-hydrogen) atoms. The summed E-state index contributed by atoms with van der Waals surface area (Å²) < 4.78 is 46.2. The van der Waals surface area contributed by atoms with E-state index in [2.05, 4.69) is 10.0 Å². The Balaban J connectivity index is 2.07. The second kappa shape index (κ2) is 8.04. The predicted octanol–water partition coefficient (Wildman–Crippen LogP) is 1.42. The second-order valence-corrected chi connectivity index (χ2v) is 7.84. The molecule has 1 saturated heterocycles. The van der Waals surface area contributed by atoms with Crippen LogP contribution in [0.5, 0.6) is 0 Å². The number of hydrogen-bond acceptors (Lipinski definition) is 4. The molecule has 2 rings (SSSR count). The van der Waals surface area contributed by atoms with Crippen LogP contribution in [0.4, 0.5) is 4.39 Å². The molecule has 1 aromatic rings. The molecule has 0 radical (unpaired) electrons. The van der Waals surface area contributed by atoms with E-state index >= 15 is 0 Å². The summed E-state index contributed by atoms with van der Waals surface area (Å²) in [5.41, 5.74) is 0. The molecule has 0 spiro atoms. The highest BCUT2D eigenvalue weighted by Gasteiger charge is 2.30. The summed E-state index contributed by atoms with van der Waals surface area (Å²) in [4.78, 5) is 11.9. The summed E-state index contributed by atoms with van der Waals surface area (Å²) in [6.07, 6.45) is 1.78. The number of carbonyl (C=O) groups is 1. The topological polar surface area (TPSA) is 84.5 Å². The van der Waals surface area contributed by atoms with Crippen molar-refractivity contribution in [2.24, 2.45) is 5.92 Å². The summed E-state index contributed by atoms with van der Waals surface area (Å²) in [5.74, 6) is -1.59. The van der Waals surface area contributed by atoms with Gasteiger partial charge in [0.15, 0.2) is 0 Å². The van der Waals surface area contributed by atoms with Crippen LogP contribution < -0.4 is 10.0 Å². The van der Waals surface area contributed by atoms with Crippen LogP contribution >= 0.6 is 0 Å². The van der Waals surface area contributed by atoms with Crippen LogP contribution in [0.1, 0.15) is 26.7 Å². The lowest BCUT2D eigenvalue weighted by Crippen LogP contribution is -2.50. The highest BCUT2D eigenvalue weighted by atomic mass is 32.2. The quantitative estimate of drug-likeness (QED) is 0.772. The molecule has 1 unspecified atom stereocenters. The molecule has 0 aromatic heterocycles. The fourth-order valence-corrected chi connectivity index (χ4v) is 3.94. The Hall–Kier alpha value is -1.51. The Morgan fingerprint density at radius 2 is 2.08 bits per heavy atom. The van der Waals surface area contributed by atoms with Gasteiger partial charge in [0.2, 0.25) is 15.9 Å². The molecular formula is C16H23FN2O4S. The number of amides is 1. The fraction of sp³-hybridized carbons (Fsp3) is 0.562. The van der Waals surface area contributed by atoms with Gasteiger partial charge in [-0.3, -0.25) is 4.79 Å². The first-order valence-corrected chi connectivity index (χ1v) is 9.46. The third kappa shape index (κ3) is 4.75. The molecule has 1 amide bonds. The van der Waals surface area contributed by atoms with Crippen molar-refractivity contribution in [3.05, 3.63) is 30.1 Å². The Kier molecular flexibility index (Phi) is 6.31. The molecule has 6 nitrogen and oxygen atoms in total. The van der Waals surface area contributed by atoms with E-state index in [-0.39, 0.29) is 12.0 Å². The second-order valence-electron chi connectivity index (χ2n) is 6.15. The van der Waals surface area contributed by atoms with Gasteiger partial charge < -0.3 is 10.1 Å². The maximum Gasteiger partial charge on any atom is 0.244 e. The standard InChI is InChI=1S/C16H23FN2O4S/c1-11(2)15(16(20)18-10-12-6-5-9-23-12)19-24(21,22)14-8-4-3-7-13(14)17/h3-4,7-8,11-12,15,19H,5-6,9-10H2,1-2H3,(H,18,20)/t12?,15-/m0/s1. The van der Waals surface area contributed by atoms with Crippen molar-refractivity contribution in [1.82, 2.24) is 10.0 Å². The summed E-state index contributed by atoms with van der Waals surface area (Å²) in [6.45, 7) is 4.46. The number of ether oxygens (including phenoxy) is 1. The van der Waals surface area contributed by atoms with Gasteiger partial charge in [-0.05, 0) is 30.9 Å². The minimum atomic E-state index is -4.13. The van der Waals surface area contributed by atoms with E-state index in [1.165, 1.54) is 18.2 Å². The Labute approximate surface area is 141 Å². The molecule has 1 aliphatic rings. The third-order valence-electron chi connectivity index (χ3n) is 3.89. The van der Waals surface area contributed by atoms with Gasteiger partial charge in [-0.2, -0.15) is 4.72 Å². The highest BCUT2D eigenvalue weighted by Crippen LogP contribution is 2.16. The number of rotatable bonds is 7. The van der Waals surface area contributed by atoms with E-state index in [9.17, 15) is 17.6 Å². The summed E-state index contributed by atoms with van der Waals surface area (Å²) in [7, 11) is -4.13. The molecule has 1 fully saturated rings. The highest BCUT2D eigenvalue weighted by molar-refractivity contribution is 7.89. The Morgan fingerprint density at radius 3 is 2.67 bits per heavy atom. The lowest BCUT2D eigenvalue weighted by Gasteiger charge is -2.22. The van der Waals surface area contributed by atoms with Crippen LogP contribution in [-0.2, 0) is 19.6 Å². The van der Waals surface area contributed by atoms with E-state index in [1.54, 1.807) is 13.8 Å². The van der Waals surface area contributed by atoms with E-state index in [0.29, 0.717) is 13.2 Å². The lowest BCUT2D eigenvalue weighted by molar-refractivity contribution is -0.124. The van der Waals surface area contributed by atoms with Crippen molar-refractivity contribution in [3.8, 4) is 0 Å². The first-order chi connectivity index (χ1) is 11.3. The minimum Gasteiger partial charge on any atom is -0.376 e. The predicted molar refractivity (Wildman–Crippen MR) is 87.3 cm³/mol. The molecular weight excluding hydrogens is 335 g/mol. The average Bonchev–Trinajstić information content (AvgIpc) is 3.04.